The van der Waals surface area contributed by atoms with Crippen molar-refractivity contribution in [2.75, 3.05) is 19.8 Å². The van der Waals surface area contributed by atoms with Gasteiger partial charge in [0.05, 0.1) is 6.61 Å². The van der Waals surface area contributed by atoms with Crippen molar-refractivity contribution in [2.45, 2.75) is 33.2 Å². The second kappa shape index (κ2) is 8.52. The van der Waals surface area contributed by atoms with Crippen LogP contribution in [0.2, 0.25) is 5.02 Å². The van der Waals surface area contributed by atoms with Gasteiger partial charge in [0.1, 0.15) is 0 Å². The van der Waals surface area contributed by atoms with Crippen LogP contribution in [0.1, 0.15) is 38.8 Å². The van der Waals surface area contributed by atoms with Crippen LogP contribution in [0, 0.1) is 5.92 Å². The molecule has 0 unspecified atom stereocenters. The monoisotopic (exact) mass is 269 g/mol. The van der Waals surface area contributed by atoms with Gasteiger partial charge in [0.2, 0.25) is 0 Å². The Morgan fingerprint density at radius 1 is 1.17 bits per heavy atom. The second-order valence-electron chi connectivity index (χ2n) is 4.99. The van der Waals surface area contributed by atoms with Crippen LogP contribution in [-0.4, -0.2) is 19.8 Å². The first-order valence-electron chi connectivity index (χ1n) is 6.66. The van der Waals surface area contributed by atoms with Crippen LogP contribution in [0.15, 0.2) is 24.3 Å². The molecule has 2 nitrogen and oxygen atoms in total. The lowest BCUT2D eigenvalue weighted by atomic mass is 10.1. The van der Waals surface area contributed by atoms with E-state index in [0.717, 1.165) is 36.8 Å². The molecule has 0 amide bonds. The maximum atomic E-state index is 6.15. The lowest BCUT2D eigenvalue weighted by Crippen LogP contribution is -2.23. The minimum Gasteiger partial charge on any atom is -0.380 e. The van der Waals surface area contributed by atoms with Gasteiger partial charge in [0.15, 0.2) is 0 Å². The third kappa shape index (κ3) is 5.85. The molecule has 0 aliphatic carbocycles. The molecular weight excluding hydrogens is 246 g/mol. The molecule has 0 aromatic heterocycles. The van der Waals surface area contributed by atoms with E-state index in [0.29, 0.717) is 5.92 Å². The summed E-state index contributed by atoms with van der Waals surface area (Å²) in [6.45, 7) is 8.99. The molecule has 1 rings (SSSR count). The number of nitrogens with one attached hydrogen (secondary N) is 1. The van der Waals surface area contributed by atoms with E-state index in [-0.39, 0.29) is 6.04 Å². The average molecular weight is 270 g/mol. The molecule has 0 fully saturated rings. The van der Waals surface area contributed by atoms with E-state index < -0.39 is 0 Å². The highest BCUT2D eigenvalue weighted by atomic mass is 35.5. The summed E-state index contributed by atoms with van der Waals surface area (Å²) in [4.78, 5) is 0. The number of benzene rings is 1. The molecule has 18 heavy (non-hydrogen) atoms. The smallest absolute Gasteiger partial charge is 0.0591 e. The van der Waals surface area contributed by atoms with E-state index in [9.17, 15) is 0 Å². The van der Waals surface area contributed by atoms with Crippen LogP contribution in [0.5, 0.6) is 0 Å². The second-order valence-corrected chi connectivity index (χ2v) is 5.40. The molecule has 102 valence electrons. The Kier molecular flexibility index (Phi) is 7.33. The summed E-state index contributed by atoms with van der Waals surface area (Å²) in [6, 6.07) is 8.20. The molecule has 3 heteroatoms. The van der Waals surface area contributed by atoms with Crippen LogP contribution < -0.4 is 5.32 Å². The Labute approximate surface area is 116 Å². The number of rotatable bonds is 8. The molecule has 0 saturated heterocycles. The molecule has 1 atom stereocenters. The van der Waals surface area contributed by atoms with Crippen LogP contribution in [0.4, 0.5) is 0 Å². The molecule has 1 aromatic carbocycles. The van der Waals surface area contributed by atoms with Gasteiger partial charge in [-0.1, -0.05) is 43.6 Å². The van der Waals surface area contributed by atoms with Gasteiger partial charge in [-0.15, -0.1) is 0 Å². The Hall–Kier alpha value is -0.570. The van der Waals surface area contributed by atoms with Gasteiger partial charge in [-0.25, -0.2) is 0 Å². The van der Waals surface area contributed by atoms with Crippen LogP contribution in [0.3, 0.4) is 0 Å². The van der Waals surface area contributed by atoms with Crippen molar-refractivity contribution >= 4 is 11.6 Å². The molecule has 1 N–H and O–H groups in total. The average Bonchev–Trinajstić information content (AvgIpc) is 2.33. The number of hydrogen-bond acceptors (Lipinski definition) is 2. The van der Waals surface area contributed by atoms with Crippen molar-refractivity contribution in [3.05, 3.63) is 34.9 Å². The van der Waals surface area contributed by atoms with Gasteiger partial charge >= 0.3 is 0 Å². The van der Waals surface area contributed by atoms with Gasteiger partial charge in [-0.3, -0.25) is 0 Å². The lowest BCUT2D eigenvalue weighted by Gasteiger charge is -2.15. The van der Waals surface area contributed by atoms with Gasteiger partial charge in [0.25, 0.3) is 0 Å². The minimum absolute atomic E-state index is 0.257. The Morgan fingerprint density at radius 2 is 1.89 bits per heavy atom. The van der Waals surface area contributed by atoms with E-state index in [1.165, 1.54) is 0 Å². The fraction of sp³-hybridized carbons (Fsp3) is 0.600. The number of ether oxygens (including phenoxy) is 1. The van der Waals surface area contributed by atoms with Gasteiger partial charge in [-0.05, 0) is 30.9 Å². The van der Waals surface area contributed by atoms with Crippen LogP contribution in [0.25, 0.3) is 0 Å². The lowest BCUT2D eigenvalue weighted by molar-refractivity contribution is 0.123. The predicted octanol–water partition coefficient (Wildman–Crippen LogP) is 4.05. The molecule has 0 aliphatic rings. The largest absolute Gasteiger partial charge is 0.380 e. The summed E-state index contributed by atoms with van der Waals surface area (Å²) in [5.41, 5.74) is 1.14. The maximum absolute atomic E-state index is 6.15. The maximum Gasteiger partial charge on any atom is 0.0591 e. The molecule has 0 spiro atoms. The SMILES string of the molecule is CC(C)CCOCCN[C@H](C)c1ccccc1Cl. The first-order valence-corrected chi connectivity index (χ1v) is 7.04. The van der Waals surface area contributed by atoms with Crippen molar-refractivity contribution in [1.29, 1.82) is 0 Å². The highest BCUT2D eigenvalue weighted by molar-refractivity contribution is 6.31. The fourth-order valence-electron chi connectivity index (χ4n) is 1.70. The zero-order chi connectivity index (χ0) is 13.4. The molecule has 0 radical (unpaired) electrons. The highest BCUT2D eigenvalue weighted by Crippen LogP contribution is 2.21. The van der Waals surface area contributed by atoms with Gasteiger partial charge in [-0.2, -0.15) is 0 Å². The van der Waals surface area contributed by atoms with Crippen molar-refractivity contribution in [3.63, 3.8) is 0 Å². The van der Waals surface area contributed by atoms with Crippen molar-refractivity contribution in [2.24, 2.45) is 5.92 Å². The van der Waals surface area contributed by atoms with Crippen molar-refractivity contribution in [1.82, 2.24) is 5.32 Å². The third-order valence-corrected chi connectivity index (χ3v) is 3.25. The summed E-state index contributed by atoms with van der Waals surface area (Å²) in [6.07, 6.45) is 1.13. The van der Waals surface area contributed by atoms with E-state index in [1.807, 2.05) is 18.2 Å². The van der Waals surface area contributed by atoms with Gasteiger partial charge in [0, 0.05) is 24.2 Å². The van der Waals surface area contributed by atoms with Gasteiger partial charge < -0.3 is 10.1 Å². The summed E-state index contributed by atoms with van der Waals surface area (Å²) in [5.74, 6) is 0.708. The van der Waals surface area contributed by atoms with Crippen molar-refractivity contribution in [3.8, 4) is 0 Å². The van der Waals surface area contributed by atoms with E-state index >= 15 is 0 Å². The third-order valence-electron chi connectivity index (χ3n) is 2.91. The zero-order valence-corrected chi connectivity index (χ0v) is 12.3. The summed E-state index contributed by atoms with van der Waals surface area (Å²) in [5, 5.41) is 4.24. The fourth-order valence-corrected chi connectivity index (χ4v) is 2.00. The normalized spacial score (nSPS) is 12.9. The van der Waals surface area contributed by atoms with E-state index in [2.05, 4.69) is 32.2 Å². The number of halogens is 1. The highest BCUT2D eigenvalue weighted by Gasteiger charge is 2.07. The molecule has 0 saturated carbocycles. The standard InChI is InChI=1S/C15H24ClNO/c1-12(2)8-10-18-11-9-17-13(3)14-6-4-5-7-15(14)16/h4-7,12-13,17H,8-11H2,1-3H3/t13-/m1/s1. The van der Waals surface area contributed by atoms with E-state index in [4.69, 9.17) is 16.3 Å². The molecular formula is C15H24ClNO. The predicted molar refractivity (Wildman–Crippen MR) is 78.1 cm³/mol. The first kappa shape index (κ1) is 15.5. The Balaban J connectivity index is 2.18. The number of hydrogen-bond donors (Lipinski definition) is 1. The minimum atomic E-state index is 0.257. The molecule has 1 aromatic rings. The van der Waals surface area contributed by atoms with Crippen LogP contribution >= 0.6 is 11.6 Å². The molecule has 0 aliphatic heterocycles. The Bertz CT molecular complexity index is 341. The Morgan fingerprint density at radius 3 is 2.56 bits per heavy atom. The molecule has 0 bridgehead atoms. The topological polar surface area (TPSA) is 21.3 Å². The summed E-state index contributed by atoms with van der Waals surface area (Å²) in [7, 11) is 0. The summed E-state index contributed by atoms with van der Waals surface area (Å²) >= 11 is 6.15. The molecule has 0 heterocycles. The van der Waals surface area contributed by atoms with Crippen LogP contribution in [-0.2, 0) is 4.74 Å². The van der Waals surface area contributed by atoms with E-state index in [1.54, 1.807) is 0 Å². The summed E-state index contributed by atoms with van der Waals surface area (Å²) < 4.78 is 5.57. The quantitative estimate of drug-likeness (QED) is 0.719. The first-order chi connectivity index (χ1) is 8.61. The van der Waals surface area contributed by atoms with Crippen molar-refractivity contribution < 1.29 is 4.74 Å². The zero-order valence-electron chi connectivity index (χ0n) is 11.6.